The van der Waals surface area contributed by atoms with Gasteiger partial charge in [0.25, 0.3) is 0 Å². The van der Waals surface area contributed by atoms with E-state index in [1.54, 1.807) is 36.4 Å². The van der Waals surface area contributed by atoms with E-state index in [-0.39, 0.29) is 70.6 Å². The van der Waals surface area contributed by atoms with Crippen LogP contribution in [0.4, 0.5) is 15.0 Å². The number of aromatic nitrogens is 3. The summed E-state index contributed by atoms with van der Waals surface area (Å²) in [6.45, 7) is 6.34. The largest absolute Gasteiger partial charge is 0.465 e. The van der Waals surface area contributed by atoms with E-state index in [0.29, 0.717) is 10.9 Å². The third-order valence-electron chi connectivity index (χ3n) is 7.42. The number of methoxy groups -OCH3 is 1. The molecule has 2 aromatic carbocycles. The number of halogens is 2. The molecular formula is C30H29ClFN5O5. The monoisotopic (exact) mass is 593 g/mol. The van der Waals surface area contributed by atoms with Crippen LogP contribution in [0.3, 0.4) is 0 Å². The normalized spacial score (nSPS) is 15.4. The van der Waals surface area contributed by atoms with E-state index >= 15 is 0 Å². The number of pyridine rings is 1. The molecule has 1 atom stereocenters. The second-order valence-electron chi connectivity index (χ2n) is 10.4. The van der Waals surface area contributed by atoms with Crippen LogP contribution in [0.15, 0.2) is 53.3 Å². The van der Waals surface area contributed by atoms with E-state index in [2.05, 4.69) is 4.98 Å². The van der Waals surface area contributed by atoms with Crippen molar-refractivity contribution >= 4 is 40.5 Å². The molecule has 1 aliphatic heterocycles. The lowest BCUT2D eigenvalue weighted by atomic mass is 9.97. The average Bonchev–Trinajstić information content (AvgIpc) is 2.96. The second kappa shape index (κ2) is 11.4. The Morgan fingerprint density at radius 2 is 1.86 bits per heavy atom. The minimum Gasteiger partial charge on any atom is -0.465 e. The van der Waals surface area contributed by atoms with Crippen molar-refractivity contribution in [2.24, 2.45) is 0 Å². The van der Waals surface area contributed by atoms with Gasteiger partial charge in [-0.1, -0.05) is 49.7 Å². The van der Waals surface area contributed by atoms with E-state index in [9.17, 15) is 23.9 Å². The Kier molecular flexibility index (Phi) is 7.87. The number of anilines is 1. The van der Waals surface area contributed by atoms with Crippen LogP contribution in [0.25, 0.3) is 28.0 Å². The summed E-state index contributed by atoms with van der Waals surface area (Å²) >= 11 is 6.72. The van der Waals surface area contributed by atoms with Crippen molar-refractivity contribution in [3.05, 3.63) is 81.0 Å². The molecule has 12 heteroatoms. The lowest BCUT2D eigenvalue weighted by Gasteiger charge is -2.39. The highest BCUT2D eigenvalue weighted by Gasteiger charge is 2.31. The summed E-state index contributed by atoms with van der Waals surface area (Å²) in [4.78, 5) is 50.9. The summed E-state index contributed by atoms with van der Waals surface area (Å²) in [6, 6.07) is 12.3. The Morgan fingerprint density at radius 3 is 2.50 bits per heavy atom. The zero-order valence-electron chi connectivity index (χ0n) is 23.5. The highest BCUT2D eigenvalue weighted by atomic mass is 35.5. The fourth-order valence-electron chi connectivity index (χ4n) is 5.37. The fourth-order valence-corrected chi connectivity index (χ4v) is 5.62. The Balaban J connectivity index is 1.88. The molecule has 0 bridgehead atoms. The van der Waals surface area contributed by atoms with E-state index in [1.165, 1.54) is 28.7 Å². The van der Waals surface area contributed by atoms with Gasteiger partial charge in [-0.25, -0.2) is 28.3 Å². The Labute approximate surface area is 245 Å². The molecule has 1 N–H and O–H groups in total. The average molecular weight is 594 g/mol. The lowest BCUT2D eigenvalue weighted by molar-refractivity contribution is 0.0600. The number of hydrogen-bond donors (Lipinski definition) is 1. The van der Waals surface area contributed by atoms with Crippen molar-refractivity contribution in [2.45, 2.75) is 32.7 Å². The van der Waals surface area contributed by atoms with E-state index in [4.69, 9.17) is 21.3 Å². The van der Waals surface area contributed by atoms with Gasteiger partial charge in [0.15, 0.2) is 5.65 Å². The van der Waals surface area contributed by atoms with E-state index in [0.717, 1.165) is 0 Å². The van der Waals surface area contributed by atoms with Gasteiger partial charge in [-0.2, -0.15) is 4.98 Å². The van der Waals surface area contributed by atoms with Crippen molar-refractivity contribution in [2.75, 3.05) is 31.6 Å². The van der Waals surface area contributed by atoms with Crippen LogP contribution in [-0.4, -0.2) is 69.4 Å². The zero-order chi connectivity index (χ0) is 30.3. The van der Waals surface area contributed by atoms with Crippen LogP contribution < -0.4 is 10.6 Å². The maximum absolute atomic E-state index is 15.0. The van der Waals surface area contributed by atoms with Crippen LogP contribution in [0.1, 0.15) is 42.6 Å². The van der Waals surface area contributed by atoms with Crippen LogP contribution in [0.2, 0.25) is 5.02 Å². The first-order valence-electron chi connectivity index (χ1n) is 13.4. The van der Waals surface area contributed by atoms with Crippen molar-refractivity contribution in [3.63, 3.8) is 0 Å². The van der Waals surface area contributed by atoms with Crippen molar-refractivity contribution in [1.29, 1.82) is 0 Å². The molecule has 0 radical (unpaired) electrons. The first kappa shape index (κ1) is 29.0. The minimum atomic E-state index is -1.03. The highest BCUT2D eigenvalue weighted by Crippen LogP contribution is 2.36. The van der Waals surface area contributed by atoms with Crippen molar-refractivity contribution < 1.29 is 23.8 Å². The van der Waals surface area contributed by atoms with Gasteiger partial charge >= 0.3 is 17.8 Å². The third-order valence-corrected chi connectivity index (χ3v) is 7.71. The SMILES string of the molecule is COC(=O)c1cccc(C(C)C)c1-n1c(=O)nc(N2CCN(C(=O)O)CC2C)c2cc(Cl)c(-c3ccccc3F)nc21. The standard InChI is InChI=1S/C30H29ClFN5O5/c1-16(2)18-9-7-10-20(28(38)42-4)25(18)37-27-21(14-22(31)24(33-27)19-8-5-6-11-23(19)32)26(34-29(37)39)36-13-12-35(30(40)41)15-17(36)3/h5-11,14,16-17H,12-13,15H2,1-4H3,(H,40,41). The molecule has 3 heterocycles. The predicted octanol–water partition coefficient (Wildman–Crippen LogP) is 5.34. The lowest BCUT2D eigenvalue weighted by Crippen LogP contribution is -2.54. The molecule has 218 valence electrons. The number of fused-ring (bicyclic) bond motifs is 1. The highest BCUT2D eigenvalue weighted by molar-refractivity contribution is 6.33. The molecule has 1 aliphatic rings. The molecule has 2 aromatic heterocycles. The number of hydrogen-bond acceptors (Lipinski definition) is 7. The van der Waals surface area contributed by atoms with E-state index < -0.39 is 23.6 Å². The first-order chi connectivity index (χ1) is 20.0. The van der Waals surface area contributed by atoms with Crippen LogP contribution >= 0.6 is 11.6 Å². The number of carbonyl (C=O) groups excluding carboxylic acids is 1. The number of para-hydroxylation sites is 1. The number of amides is 1. The molecule has 42 heavy (non-hydrogen) atoms. The number of esters is 1. The molecule has 1 amide bonds. The molecule has 1 fully saturated rings. The van der Waals surface area contributed by atoms with Gasteiger partial charge < -0.3 is 19.6 Å². The van der Waals surface area contributed by atoms with E-state index in [1.807, 2.05) is 25.7 Å². The van der Waals surface area contributed by atoms with Crippen LogP contribution in [0.5, 0.6) is 0 Å². The molecule has 4 aromatic rings. The number of piperazine rings is 1. The van der Waals surface area contributed by atoms with Gasteiger partial charge in [0.2, 0.25) is 0 Å². The van der Waals surface area contributed by atoms with Gasteiger partial charge in [-0.05, 0) is 42.7 Å². The van der Waals surface area contributed by atoms with Crippen LogP contribution in [0, 0.1) is 5.82 Å². The molecule has 0 spiro atoms. The summed E-state index contributed by atoms with van der Waals surface area (Å²) in [5, 5.41) is 10.0. The maximum atomic E-state index is 15.0. The third kappa shape index (κ3) is 5.04. The molecule has 1 saturated heterocycles. The summed E-state index contributed by atoms with van der Waals surface area (Å²) in [6.07, 6.45) is -1.03. The molecular weight excluding hydrogens is 565 g/mol. The van der Waals surface area contributed by atoms with Gasteiger partial charge in [0.1, 0.15) is 11.6 Å². The first-order valence-corrected chi connectivity index (χ1v) is 13.8. The van der Waals surface area contributed by atoms with Gasteiger partial charge in [-0.3, -0.25) is 0 Å². The number of carbonyl (C=O) groups is 2. The zero-order valence-corrected chi connectivity index (χ0v) is 24.2. The number of benzene rings is 2. The molecule has 10 nitrogen and oxygen atoms in total. The topological polar surface area (TPSA) is 118 Å². The van der Waals surface area contributed by atoms with Crippen molar-refractivity contribution in [1.82, 2.24) is 19.4 Å². The quantitative estimate of drug-likeness (QED) is 0.308. The minimum absolute atomic E-state index is 0.109. The number of carboxylic acid groups (broad SMARTS) is 1. The number of nitrogens with zero attached hydrogens (tertiary/aromatic N) is 5. The number of ether oxygens (including phenoxy) is 1. The van der Waals surface area contributed by atoms with Crippen molar-refractivity contribution in [3.8, 4) is 16.9 Å². The summed E-state index contributed by atoms with van der Waals surface area (Å²) in [5.74, 6) is -1.06. The molecule has 0 aliphatic carbocycles. The molecule has 1 unspecified atom stereocenters. The summed E-state index contributed by atoms with van der Waals surface area (Å²) < 4.78 is 21.3. The number of rotatable bonds is 5. The Bertz CT molecular complexity index is 1780. The second-order valence-corrected chi connectivity index (χ2v) is 10.8. The Hall–Kier alpha value is -4.51. The summed E-state index contributed by atoms with van der Waals surface area (Å²) in [7, 11) is 1.25. The maximum Gasteiger partial charge on any atom is 0.407 e. The predicted molar refractivity (Wildman–Crippen MR) is 157 cm³/mol. The summed E-state index contributed by atoms with van der Waals surface area (Å²) in [5.41, 5.74) is 0.689. The van der Waals surface area contributed by atoms with Gasteiger partial charge in [-0.15, -0.1) is 0 Å². The Morgan fingerprint density at radius 1 is 1.12 bits per heavy atom. The molecule has 0 saturated carbocycles. The van der Waals surface area contributed by atoms with Crippen LogP contribution in [-0.2, 0) is 4.74 Å². The smallest absolute Gasteiger partial charge is 0.407 e. The van der Waals surface area contributed by atoms with Gasteiger partial charge in [0.05, 0.1) is 34.5 Å². The fraction of sp³-hybridized carbons (Fsp3) is 0.300. The van der Waals surface area contributed by atoms with Gasteiger partial charge in [0, 0.05) is 31.2 Å². The molecule has 5 rings (SSSR count).